The molecule has 0 aromatic heterocycles. The van der Waals surface area contributed by atoms with Gasteiger partial charge in [0, 0.05) is 27.8 Å². The molecule has 2 N–H and O–H groups in total. The fraction of sp³-hybridized carbons (Fsp3) is 0.278. The van der Waals surface area contributed by atoms with Gasteiger partial charge in [0.1, 0.15) is 5.75 Å². The zero-order chi connectivity index (χ0) is 15.2. The Morgan fingerprint density at radius 1 is 1.24 bits per heavy atom. The third kappa shape index (κ3) is 2.19. The van der Waals surface area contributed by atoms with Crippen LogP contribution in [-0.2, 0) is 5.41 Å². The van der Waals surface area contributed by atoms with E-state index < -0.39 is 0 Å². The summed E-state index contributed by atoms with van der Waals surface area (Å²) in [7, 11) is 0. The molecule has 0 bridgehead atoms. The number of ketones is 1. The number of nitrogen functional groups attached to an aromatic ring is 1. The number of rotatable bonds is 2. The minimum Gasteiger partial charge on any atom is -0.492 e. The first-order chi connectivity index (χ1) is 9.90. The van der Waals surface area contributed by atoms with Crippen molar-refractivity contribution in [3.8, 4) is 5.75 Å². The second kappa shape index (κ2) is 4.62. The molecule has 1 heterocycles. The molecule has 1 aliphatic rings. The predicted octanol–water partition coefficient (Wildman–Crippen LogP) is 3.48. The molecule has 0 amide bonds. The standard InChI is InChI=1S/C18H19NO2/c1-11-5-4-6-14(19)16(11)17(20)12-7-8-15-13(9-12)18(2,3)10-21-15/h4-9H,10,19H2,1-3H3. The number of hydrogen-bond acceptors (Lipinski definition) is 3. The van der Waals surface area contributed by atoms with Crippen LogP contribution < -0.4 is 10.5 Å². The summed E-state index contributed by atoms with van der Waals surface area (Å²) in [6, 6.07) is 11.2. The van der Waals surface area contributed by atoms with Crippen molar-refractivity contribution >= 4 is 11.5 Å². The van der Waals surface area contributed by atoms with Crippen LogP contribution in [0.25, 0.3) is 0 Å². The van der Waals surface area contributed by atoms with E-state index in [-0.39, 0.29) is 11.2 Å². The zero-order valence-electron chi connectivity index (χ0n) is 12.6. The number of carbonyl (C=O) groups is 1. The lowest BCUT2D eigenvalue weighted by atomic mass is 9.85. The molecule has 21 heavy (non-hydrogen) atoms. The first kappa shape index (κ1) is 13.7. The van der Waals surface area contributed by atoms with E-state index in [2.05, 4.69) is 13.8 Å². The third-order valence-corrected chi connectivity index (χ3v) is 4.09. The molecule has 0 unspecified atom stereocenters. The van der Waals surface area contributed by atoms with Crippen LogP contribution in [0.15, 0.2) is 36.4 Å². The van der Waals surface area contributed by atoms with Crippen LogP contribution in [0, 0.1) is 6.92 Å². The van der Waals surface area contributed by atoms with Crippen LogP contribution in [0.4, 0.5) is 5.69 Å². The van der Waals surface area contributed by atoms with Crippen LogP contribution >= 0.6 is 0 Å². The Morgan fingerprint density at radius 2 is 2.00 bits per heavy atom. The lowest BCUT2D eigenvalue weighted by Gasteiger charge is -2.16. The maximum Gasteiger partial charge on any atom is 0.195 e. The molecular formula is C18H19NO2. The summed E-state index contributed by atoms with van der Waals surface area (Å²) in [5.41, 5.74) is 9.67. The van der Waals surface area contributed by atoms with Crippen molar-refractivity contribution < 1.29 is 9.53 Å². The maximum atomic E-state index is 12.8. The molecule has 1 aliphatic heterocycles. The first-order valence-electron chi connectivity index (χ1n) is 7.07. The van der Waals surface area contributed by atoms with Crippen LogP contribution in [0.3, 0.4) is 0 Å². The highest BCUT2D eigenvalue weighted by Gasteiger charge is 2.32. The molecule has 0 spiro atoms. The normalized spacial score (nSPS) is 15.4. The topological polar surface area (TPSA) is 52.3 Å². The summed E-state index contributed by atoms with van der Waals surface area (Å²) in [5, 5.41) is 0. The molecule has 2 aromatic carbocycles. The summed E-state index contributed by atoms with van der Waals surface area (Å²) in [4.78, 5) is 12.8. The largest absolute Gasteiger partial charge is 0.492 e. The van der Waals surface area contributed by atoms with E-state index in [1.54, 1.807) is 6.07 Å². The van der Waals surface area contributed by atoms with Gasteiger partial charge in [0.05, 0.1) is 6.61 Å². The molecule has 0 atom stereocenters. The monoisotopic (exact) mass is 281 g/mol. The summed E-state index contributed by atoms with van der Waals surface area (Å²) in [6.45, 7) is 6.79. The van der Waals surface area contributed by atoms with Gasteiger partial charge in [-0.3, -0.25) is 4.79 Å². The lowest BCUT2D eigenvalue weighted by molar-refractivity contribution is 0.103. The number of carbonyl (C=O) groups excluding carboxylic acids is 1. The van der Waals surface area contributed by atoms with Crippen LogP contribution in [0.2, 0.25) is 0 Å². The number of hydrogen-bond donors (Lipinski definition) is 1. The Balaban J connectivity index is 2.08. The van der Waals surface area contributed by atoms with E-state index in [0.717, 1.165) is 16.9 Å². The number of nitrogens with two attached hydrogens (primary N) is 1. The number of ether oxygens (including phenoxy) is 1. The summed E-state index contributed by atoms with van der Waals surface area (Å²) in [6.07, 6.45) is 0. The zero-order valence-corrected chi connectivity index (χ0v) is 12.6. The molecule has 0 fully saturated rings. The van der Waals surface area contributed by atoms with Crippen molar-refractivity contribution in [2.24, 2.45) is 0 Å². The van der Waals surface area contributed by atoms with Crippen molar-refractivity contribution in [2.75, 3.05) is 12.3 Å². The lowest BCUT2D eigenvalue weighted by Crippen LogP contribution is -2.18. The molecule has 0 saturated carbocycles. The maximum absolute atomic E-state index is 12.8. The molecule has 3 heteroatoms. The first-order valence-corrected chi connectivity index (χ1v) is 7.07. The van der Waals surface area contributed by atoms with Crippen molar-refractivity contribution in [3.05, 3.63) is 58.7 Å². The predicted molar refractivity (Wildman–Crippen MR) is 84.0 cm³/mol. The van der Waals surface area contributed by atoms with E-state index in [1.165, 1.54) is 0 Å². The van der Waals surface area contributed by atoms with Gasteiger partial charge in [0.2, 0.25) is 0 Å². The van der Waals surface area contributed by atoms with Crippen molar-refractivity contribution in [2.45, 2.75) is 26.2 Å². The summed E-state index contributed by atoms with van der Waals surface area (Å²) in [5.74, 6) is 0.838. The molecule has 3 rings (SSSR count). The molecular weight excluding hydrogens is 262 g/mol. The fourth-order valence-electron chi connectivity index (χ4n) is 2.81. The van der Waals surface area contributed by atoms with E-state index in [1.807, 2.05) is 37.3 Å². The van der Waals surface area contributed by atoms with Gasteiger partial charge >= 0.3 is 0 Å². The van der Waals surface area contributed by atoms with Gasteiger partial charge in [0.25, 0.3) is 0 Å². The average molecular weight is 281 g/mol. The summed E-state index contributed by atoms with van der Waals surface area (Å²) >= 11 is 0. The fourth-order valence-corrected chi connectivity index (χ4v) is 2.81. The molecule has 0 saturated heterocycles. The Labute approximate surface area is 124 Å². The Bertz CT molecular complexity index is 712. The van der Waals surface area contributed by atoms with Gasteiger partial charge in [-0.2, -0.15) is 0 Å². The highest BCUT2D eigenvalue weighted by molar-refractivity contribution is 6.13. The minimum atomic E-state index is -0.0666. The van der Waals surface area contributed by atoms with Gasteiger partial charge in [-0.25, -0.2) is 0 Å². The Kier molecular flexibility index (Phi) is 3.01. The van der Waals surface area contributed by atoms with Gasteiger partial charge in [-0.05, 0) is 36.8 Å². The molecule has 0 radical (unpaired) electrons. The van der Waals surface area contributed by atoms with E-state index in [9.17, 15) is 4.79 Å². The van der Waals surface area contributed by atoms with Gasteiger partial charge in [-0.1, -0.05) is 26.0 Å². The number of anilines is 1. The quantitative estimate of drug-likeness (QED) is 0.677. The number of fused-ring (bicyclic) bond motifs is 1. The van der Waals surface area contributed by atoms with E-state index in [0.29, 0.717) is 23.4 Å². The van der Waals surface area contributed by atoms with Crippen LogP contribution in [-0.4, -0.2) is 12.4 Å². The Morgan fingerprint density at radius 3 is 2.71 bits per heavy atom. The van der Waals surface area contributed by atoms with Gasteiger partial charge < -0.3 is 10.5 Å². The van der Waals surface area contributed by atoms with Crippen molar-refractivity contribution in [1.29, 1.82) is 0 Å². The minimum absolute atomic E-state index is 0.0314. The Hall–Kier alpha value is -2.29. The third-order valence-electron chi connectivity index (χ3n) is 4.09. The second-order valence-electron chi connectivity index (χ2n) is 6.25. The highest BCUT2D eigenvalue weighted by Crippen LogP contribution is 2.39. The second-order valence-corrected chi connectivity index (χ2v) is 6.25. The van der Waals surface area contributed by atoms with Gasteiger partial charge in [0.15, 0.2) is 5.78 Å². The van der Waals surface area contributed by atoms with Crippen LogP contribution in [0.1, 0.15) is 40.9 Å². The number of benzene rings is 2. The average Bonchev–Trinajstić information content (AvgIpc) is 2.74. The van der Waals surface area contributed by atoms with Crippen molar-refractivity contribution in [3.63, 3.8) is 0 Å². The molecule has 0 aliphatic carbocycles. The highest BCUT2D eigenvalue weighted by atomic mass is 16.5. The SMILES string of the molecule is Cc1cccc(N)c1C(=O)c1ccc2c(c1)C(C)(C)CO2. The van der Waals surface area contributed by atoms with E-state index >= 15 is 0 Å². The smallest absolute Gasteiger partial charge is 0.195 e. The van der Waals surface area contributed by atoms with E-state index in [4.69, 9.17) is 10.5 Å². The molecule has 3 nitrogen and oxygen atoms in total. The van der Waals surface area contributed by atoms with Crippen LogP contribution in [0.5, 0.6) is 5.75 Å². The number of aryl methyl sites for hydroxylation is 1. The van der Waals surface area contributed by atoms with Crippen molar-refractivity contribution in [1.82, 2.24) is 0 Å². The van der Waals surface area contributed by atoms with Gasteiger partial charge in [-0.15, -0.1) is 0 Å². The summed E-state index contributed by atoms with van der Waals surface area (Å²) < 4.78 is 5.67. The molecule has 108 valence electrons. The molecule has 2 aromatic rings.